The van der Waals surface area contributed by atoms with Crippen LogP contribution in [0.1, 0.15) is 22.3 Å². The van der Waals surface area contributed by atoms with E-state index in [9.17, 15) is 0 Å². The van der Waals surface area contributed by atoms with Gasteiger partial charge in [0.05, 0.1) is 5.41 Å². The molecule has 7 aromatic carbocycles. The number of hydrogen-bond donors (Lipinski definition) is 0. The highest BCUT2D eigenvalue weighted by Gasteiger charge is 2.49. The van der Waals surface area contributed by atoms with Gasteiger partial charge in [-0.15, -0.1) is 0 Å². The number of benzene rings is 7. The van der Waals surface area contributed by atoms with Gasteiger partial charge in [0.1, 0.15) is 0 Å². The minimum atomic E-state index is -0.564. The summed E-state index contributed by atoms with van der Waals surface area (Å²) in [6.07, 6.45) is 7.37. The Bertz CT molecular complexity index is 3200. The van der Waals surface area contributed by atoms with Crippen molar-refractivity contribution in [3.05, 3.63) is 235 Å². The van der Waals surface area contributed by atoms with E-state index in [2.05, 4.69) is 168 Å². The van der Waals surface area contributed by atoms with Crippen LogP contribution < -0.4 is 0 Å². The second-order valence-corrected chi connectivity index (χ2v) is 15.6. The Morgan fingerprint density at radius 1 is 0.262 bits per heavy atom. The fourth-order valence-electron chi connectivity index (χ4n) is 9.70. The molecule has 0 saturated heterocycles. The van der Waals surface area contributed by atoms with Gasteiger partial charge in [-0.3, -0.25) is 9.97 Å². The first kappa shape index (κ1) is 34.9. The molecule has 3 aromatic heterocycles. The average molecular weight is 778 g/mol. The van der Waals surface area contributed by atoms with Gasteiger partial charge in [-0.05, 0) is 103 Å². The van der Waals surface area contributed by atoms with Crippen LogP contribution in [0, 0.1) is 0 Å². The van der Waals surface area contributed by atoms with Gasteiger partial charge in [-0.1, -0.05) is 152 Å². The maximum atomic E-state index is 5.34. The Labute approximate surface area is 353 Å². The summed E-state index contributed by atoms with van der Waals surface area (Å²) in [7, 11) is 0. The quantitative estimate of drug-likeness (QED) is 0.174. The number of nitrogens with zero attached hydrogens (tertiary/aromatic N) is 5. The van der Waals surface area contributed by atoms with E-state index in [0.29, 0.717) is 17.5 Å². The third-order valence-electron chi connectivity index (χ3n) is 12.3. The third-order valence-corrected chi connectivity index (χ3v) is 12.3. The molecular formula is C56H35N5. The molecule has 61 heavy (non-hydrogen) atoms. The van der Waals surface area contributed by atoms with Crippen LogP contribution in [0.4, 0.5) is 0 Å². The van der Waals surface area contributed by atoms with Gasteiger partial charge < -0.3 is 0 Å². The van der Waals surface area contributed by atoms with E-state index in [4.69, 9.17) is 15.0 Å². The molecule has 2 aliphatic rings. The van der Waals surface area contributed by atoms with Crippen molar-refractivity contribution in [3.8, 4) is 89.8 Å². The van der Waals surface area contributed by atoms with E-state index < -0.39 is 5.41 Å². The van der Waals surface area contributed by atoms with Gasteiger partial charge in [0.15, 0.2) is 17.5 Å². The van der Waals surface area contributed by atoms with Crippen LogP contribution in [0.15, 0.2) is 213 Å². The predicted octanol–water partition coefficient (Wildman–Crippen LogP) is 13.0. The molecule has 0 unspecified atom stereocenters. The lowest BCUT2D eigenvalue weighted by Crippen LogP contribution is -2.29. The Kier molecular flexibility index (Phi) is 8.00. The molecule has 5 heteroatoms. The van der Waals surface area contributed by atoms with E-state index in [0.717, 1.165) is 44.5 Å². The summed E-state index contributed by atoms with van der Waals surface area (Å²) in [6, 6.07) is 67.2. The Hall–Kier alpha value is -8.15. The first-order chi connectivity index (χ1) is 30.2. The molecule has 2 aliphatic carbocycles. The van der Waals surface area contributed by atoms with Crippen molar-refractivity contribution in [1.29, 1.82) is 0 Å². The molecule has 0 aliphatic heterocycles. The van der Waals surface area contributed by atoms with Crippen LogP contribution in [0.2, 0.25) is 0 Å². The topological polar surface area (TPSA) is 64.5 Å². The molecular weight excluding hydrogens is 743 g/mol. The van der Waals surface area contributed by atoms with Gasteiger partial charge in [0.2, 0.25) is 0 Å². The van der Waals surface area contributed by atoms with Crippen molar-refractivity contribution in [1.82, 2.24) is 24.9 Å². The Morgan fingerprint density at radius 2 is 0.672 bits per heavy atom. The molecule has 284 valence electrons. The standard InChI is InChI=1S/C56H35N5/c1-2-14-36(15-3-1)53-59-54(61-55(60-53)42-31-40(38-16-12-28-57-34-38)30-41(32-42)39-17-13-29-58-35-39)37-26-27-52-48(33-37)44-19-5-4-18-43(44)45-20-6-9-23-49(45)56(52)50-24-10-7-21-46(50)47-22-8-11-25-51(47)56/h1-35H. The molecule has 1 spiro atoms. The van der Waals surface area contributed by atoms with Crippen molar-refractivity contribution >= 4 is 0 Å². The molecule has 12 rings (SSSR count). The predicted molar refractivity (Wildman–Crippen MR) is 244 cm³/mol. The Balaban J connectivity index is 1.12. The van der Waals surface area contributed by atoms with Crippen molar-refractivity contribution in [2.24, 2.45) is 0 Å². The first-order valence-electron chi connectivity index (χ1n) is 20.6. The minimum absolute atomic E-state index is 0.564. The number of rotatable bonds is 5. The van der Waals surface area contributed by atoms with Gasteiger partial charge in [-0.2, -0.15) is 0 Å². The highest BCUT2D eigenvalue weighted by molar-refractivity contribution is 5.98. The molecule has 0 saturated carbocycles. The van der Waals surface area contributed by atoms with Crippen LogP contribution in [-0.2, 0) is 5.41 Å². The lowest BCUT2D eigenvalue weighted by Gasteiger charge is -2.35. The second kappa shape index (κ2) is 14.0. The molecule has 0 N–H and O–H groups in total. The molecule has 0 radical (unpaired) electrons. The zero-order chi connectivity index (χ0) is 40.3. The third kappa shape index (κ3) is 5.52. The maximum Gasteiger partial charge on any atom is 0.164 e. The largest absolute Gasteiger partial charge is 0.264 e. The lowest BCUT2D eigenvalue weighted by atomic mass is 9.66. The van der Waals surface area contributed by atoms with E-state index in [1.807, 2.05) is 42.7 Å². The molecule has 0 bridgehead atoms. The highest BCUT2D eigenvalue weighted by Crippen LogP contribution is 2.61. The number of fused-ring (bicyclic) bond motifs is 12. The number of pyridine rings is 2. The van der Waals surface area contributed by atoms with Crippen molar-refractivity contribution in [2.75, 3.05) is 0 Å². The van der Waals surface area contributed by atoms with Crippen molar-refractivity contribution in [2.45, 2.75) is 5.41 Å². The molecule has 5 nitrogen and oxygen atoms in total. The van der Waals surface area contributed by atoms with Crippen LogP contribution in [0.3, 0.4) is 0 Å². The van der Waals surface area contributed by atoms with E-state index in [-0.39, 0.29) is 0 Å². The van der Waals surface area contributed by atoms with Crippen molar-refractivity contribution < 1.29 is 0 Å². The van der Waals surface area contributed by atoms with Crippen LogP contribution in [0.25, 0.3) is 89.8 Å². The summed E-state index contributed by atoms with van der Waals surface area (Å²) in [6.45, 7) is 0. The lowest BCUT2D eigenvalue weighted by molar-refractivity contribution is 0.775. The summed E-state index contributed by atoms with van der Waals surface area (Å²) < 4.78 is 0. The van der Waals surface area contributed by atoms with E-state index in [1.54, 1.807) is 12.4 Å². The number of hydrogen-bond acceptors (Lipinski definition) is 5. The molecule has 0 atom stereocenters. The maximum absolute atomic E-state index is 5.34. The normalized spacial score (nSPS) is 12.7. The summed E-state index contributed by atoms with van der Waals surface area (Å²) in [4.78, 5) is 24.7. The summed E-state index contributed by atoms with van der Waals surface area (Å²) >= 11 is 0. The van der Waals surface area contributed by atoms with Crippen LogP contribution >= 0.6 is 0 Å². The molecule has 3 heterocycles. The van der Waals surface area contributed by atoms with E-state index >= 15 is 0 Å². The highest BCUT2D eigenvalue weighted by atomic mass is 15.0. The molecule has 0 fully saturated rings. The first-order valence-corrected chi connectivity index (χ1v) is 20.6. The fourth-order valence-corrected chi connectivity index (χ4v) is 9.70. The molecule has 10 aromatic rings. The fraction of sp³-hybridized carbons (Fsp3) is 0.0179. The van der Waals surface area contributed by atoms with E-state index in [1.165, 1.54) is 50.1 Å². The van der Waals surface area contributed by atoms with Crippen molar-refractivity contribution in [3.63, 3.8) is 0 Å². The minimum Gasteiger partial charge on any atom is -0.264 e. The van der Waals surface area contributed by atoms with Gasteiger partial charge in [0, 0.05) is 52.6 Å². The SMILES string of the molecule is c1ccc(-c2nc(-c3cc(-c4cccnc4)cc(-c4cccnc4)c3)nc(-c3ccc4c(c3)-c3ccccc3-c3ccccc3C43c4ccccc4-c4ccccc43)n2)cc1. The number of aromatic nitrogens is 5. The van der Waals surface area contributed by atoms with Gasteiger partial charge in [0.25, 0.3) is 0 Å². The van der Waals surface area contributed by atoms with Crippen LogP contribution in [-0.4, -0.2) is 24.9 Å². The average Bonchev–Trinajstić information content (AvgIpc) is 3.59. The monoisotopic (exact) mass is 777 g/mol. The van der Waals surface area contributed by atoms with Crippen LogP contribution in [0.5, 0.6) is 0 Å². The second-order valence-electron chi connectivity index (χ2n) is 15.6. The Morgan fingerprint density at radius 3 is 1.21 bits per heavy atom. The molecule has 0 amide bonds. The summed E-state index contributed by atoms with van der Waals surface area (Å²) in [5.74, 6) is 1.78. The smallest absolute Gasteiger partial charge is 0.164 e. The van der Waals surface area contributed by atoms with Gasteiger partial charge in [-0.25, -0.2) is 15.0 Å². The summed E-state index contributed by atoms with van der Waals surface area (Å²) in [5.41, 5.74) is 18.5. The zero-order valence-corrected chi connectivity index (χ0v) is 32.9. The summed E-state index contributed by atoms with van der Waals surface area (Å²) in [5, 5.41) is 0. The zero-order valence-electron chi connectivity index (χ0n) is 32.9. The van der Waals surface area contributed by atoms with Gasteiger partial charge >= 0.3 is 0 Å².